The number of fused-ring (bicyclic) bond motifs is 3. The third-order valence-corrected chi connectivity index (χ3v) is 7.90. The van der Waals surface area contributed by atoms with Gasteiger partial charge in [-0.05, 0) is 44.4 Å². The third-order valence-electron chi connectivity index (χ3n) is 7.90. The molecule has 1 atom stereocenters. The SMILES string of the molecule is Cc1ccc2nc(N3CCN(C(=O)Cc4ccccc4)C(C)C3)n3c(C4CCCCC4)nnc3c2c1. The van der Waals surface area contributed by atoms with Crippen molar-refractivity contribution in [3.63, 3.8) is 0 Å². The van der Waals surface area contributed by atoms with Crippen LogP contribution in [0.15, 0.2) is 48.5 Å². The van der Waals surface area contributed by atoms with Crippen molar-refractivity contribution in [2.75, 3.05) is 24.5 Å². The molecule has 7 heteroatoms. The number of anilines is 1. The Morgan fingerprint density at radius 2 is 1.81 bits per heavy atom. The van der Waals surface area contributed by atoms with Crippen LogP contribution in [0, 0.1) is 6.92 Å². The summed E-state index contributed by atoms with van der Waals surface area (Å²) >= 11 is 0. The van der Waals surface area contributed by atoms with Gasteiger partial charge < -0.3 is 9.80 Å². The first-order valence-electron chi connectivity index (χ1n) is 13.3. The number of nitrogens with zero attached hydrogens (tertiary/aromatic N) is 6. The van der Waals surface area contributed by atoms with Gasteiger partial charge in [0.2, 0.25) is 11.9 Å². The zero-order valence-electron chi connectivity index (χ0n) is 21.2. The largest absolute Gasteiger partial charge is 0.338 e. The number of aryl methyl sites for hydroxylation is 1. The minimum Gasteiger partial charge on any atom is -0.338 e. The van der Waals surface area contributed by atoms with Gasteiger partial charge in [0.05, 0.1) is 11.9 Å². The summed E-state index contributed by atoms with van der Waals surface area (Å²) in [7, 11) is 0. The van der Waals surface area contributed by atoms with Crippen molar-refractivity contribution >= 4 is 28.4 Å². The Balaban J connectivity index is 1.34. The van der Waals surface area contributed by atoms with Gasteiger partial charge in [0.25, 0.3) is 0 Å². The smallest absolute Gasteiger partial charge is 0.227 e. The molecule has 1 aliphatic heterocycles. The topological polar surface area (TPSA) is 66.6 Å². The van der Waals surface area contributed by atoms with Crippen molar-refractivity contribution in [1.29, 1.82) is 0 Å². The van der Waals surface area contributed by atoms with Gasteiger partial charge in [0, 0.05) is 37.0 Å². The maximum atomic E-state index is 13.1. The minimum atomic E-state index is 0.0927. The molecule has 1 saturated carbocycles. The van der Waals surface area contributed by atoms with Crippen molar-refractivity contribution in [3.05, 3.63) is 65.5 Å². The molecule has 1 amide bonds. The lowest BCUT2D eigenvalue weighted by molar-refractivity contribution is -0.132. The van der Waals surface area contributed by atoms with Crippen molar-refractivity contribution in [1.82, 2.24) is 24.5 Å². The number of rotatable bonds is 4. The second-order valence-electron chi connectivity index (χ2n) is 10.5. The van der Waals surface area contributed by atoms with Crippen LogP contribution >= 0.6 is 0 Å². The molecule has 7 nitrogen and oxygen atoms in total. The molecule has 6 rings (SSSR count). The Morgan fingerprint density at radius 3 is 2.58 bits per heavy atom. The van der Waals surface area contributed by atoms with Crippen LogP contribution in [0.1, 0.15) is 61.9 Å². The fourth-order valence-corrected chi connectivity index (χ4v) is 5.97. The number of amides is 1. The van der Waals surface area contributed by atoms with E-state index in [1.54, 1.807) is 0 Å². The number of hydrogen-bond donors (Lipinski definition) is 0. The highest BCUT2D eigenvalue weighted by molar-refractivity contribution is 5.93. The predicted molar refractivity (Wildman–Crippen MR) is 142 cm³/mol. The highest BCUT2D eigenvalue weighted by Gasteiger charge is 2.31. The van der Waals surface area contributed by atoms with Crippen LogP contribution in [-0.4, -0.2) is 56.1 Å². The first-order valence-corrected chi connectivity index (χ1v) is 13.3. The van der Waals surface area contributed by atoms with E-state index in [1.807, 2.05) is 35.2 Å². The summed E-state index contributed by atoms with van der Waals surface area (Å²) in [6.07, 6.45) is 6.55. The number of benzene rings is 2. The first-order chi connectivity index (χ1) is 17.6. The first kappa shape index (κ1) is 23.0. The van der Waals surface area contributed by atoms with Crippen LogP contribution in [0.4, 0.5) is 5.95 Å². The minimum absolute atomic E-state index is 0.0927. The number of aromatic nitrogens is 4. The number of carbonyl (C=O) groups is 1. The monoisotopic (exact) mass is 482 g/mol. The molecule has 1 unspecified atom stereocenters. The summed E-state index contributed by atoms with van der Waals surface area (Å²) in [5, 5.41) is 10.5. The van der Waals surface area contributed by atoms with Crippen LogP contribution in [0.5, 0.6) is 0 Å². The van der Waals surface area contributed by atoms with Crippen molar-refractivity contribution in [3.8, 4) is 0 Å². The normalized spacial score (nSPS) is 19.3. The lowest BCUT2D eigenvalue weighted by atomic mass is 9.89. The van der Waals surface area contributed by atoms with Gasteiger partial charge >= 0.3 is 0 Å². The van der Waals surface area contributed by atoms with Crippen LogP contribution in [0.25, 0.3) is 16.6 Å². The van der Waals surface area contributed by atoms with E-state index in [9.17, 15) is 4.79 Å². The number of piperazine rings is 1. The van der Waals surface area contributed by atoms with Crippen LogP contribution in [0.2, 0.25) is 0 Å². The molecule has 1 saturated heterocycles. The highest BCUT2D eigenvalue weighted by atomic mass is 16.2. The summed E-state index contributed by atoms with van der Waals surface area (Å²) < 4.78 is 2.23. The molecular weight excluding hydrogens is 448 g/mol. The van der Waals surface area contributed by atoms with Gasteiger partial charge in [0.15, 0.2) is 5.65 Å². The highest BCUT2D eigenvalue weighted by Crippen LogP contribution is 2.35. The van der Waals surface area contributed by atoms with E-state index in [0.717, 1.165) is 59.8 Å². The van der Waals surface area contributed by atoms with Gasteiger partial charge in [-0.25, -0.2) is 9.38 Å². The van der Waals surface area contributed by atoms with Crippen molar-refractivity contribution < 1.29 is 4.79 Å². The second-order valence-corrected chi connectivity index (χ2v) is 10.5. The van der Waals surface area contributed by atoms with Crippen LogP contribution in [-0.2, 0) is 11.2 Å². The second kappa shape index (κ2) is 9.52. The molecular formula is C29H34N6O. The molecule has 4 aromatic rings. The molecule has 0 radical (unpaired) electrons. The molecule has 2 aromatic carbocycles. The molecule has 186 valence electrons. The molecule has 3 heterocycles. The van der Waals surface area contributed by atoms with Gasteiger partial charge in [-0.1, -0.05) is 61.2 Å². The molecule has 0 bridgehead atoms. The quantitative estimate of drug-likeness (QED) is 0.413. The standard InChI is InChI=1S/C29H34N6O/c1-20-13-14-25-24(17-20)28-32-31-27(23-11-7-4-8-12-23)35(28)29(30-25)33-15-16-34(21(2)19-33)26(36)18-22-9-5-3-6-10-22/h3,5-6,9-10,13-14,17,21,23H,4,7-8,11-12,15-16,18-19H2,1-2H3. The third kappa shape index (κ3) is 4.21. The fraction of sp³-hybridized carbons (Fsp3) is 0.448. The average Bonchev–Trinajstić information content (AvgIpc) is 3.35. The van der Waals surface area contributed by atoms with Crippen molar-refractivity contribution in [2.45, 2.75) is 64.3 Å². The zero-order chi connectivity index (χ0) is 24.6. The van der Waals surface area contributed by atoms with Crippen molar-refractivity contribution in [2.24, 2.45) is 0 Å². The lowest BCUT2D eigenvalue weighted by Crippen LogP contribution is -2.55. The summed E-state index contributed by atoms with van der Waals surface area (Å²) in [4.78, 5) is 22.7. The molecule has 2 aromatic heterocycles. The van der Waals surface area contributed by atoms with E-state index in [4.69, 9.17) is 15.2 Å². The van der Waals surface area contributed by atoms with Gasteiger partial charge in [-0.15, -0.1) is 10.2 Å². The van der Waals surface area contributed by atoms with E-state index in [0.29, 0.717) is 18.9 Å². The molecule has 2 fully saturated rings. The maximum absolute atomic E-state index is 13.1. The van der Waals surface area contributed by atoms with Gasteiger partial charge in [-0.3, -0.25) is 4.79 Å². The van der Waals surface area contributed by atoms with E-state index < -0.39 is 0 Å². The molecule has 2 aliphatic rings. The summed E-state index contributed by atoms with van der Waals surface area (Å²) in [5.74, 6) is 2.56. The summed E-state index contributed by atoms with van der Waals surface area (Å²) in [6.45, 7) is 6.41. The number of carbonyl (C=O) groups excluding carboxylic acids is 1. The van der Waals surface area contributed by atoms with Crippen LogP contribution in [0.3, 0.4) is 0 Å². The van der Waals surface area contributed by atoms with Gasteiger partial charge in [-0.2, -0.15) is 0 Å². The van der Waals surface area contributed by atoms with E-state index in [1.165, 1.54) is 24.8 Å². The predicted octanol–water partition coefficient (Wildman–Crippen LogP) is 4.91. The average molecular weight is 483 g/mol. The Hall–Kier alpha value is -3.48. The summed E-state index contributed by atoms with van der Waals surface area (Å²) in [6, 6.07) is 16.5. The Bertz CT molecular complexity index is 1390. The molecule has 36 heavy (non-hydrogen) atoms. The molecule has 0 spiro atoms. The Labute approximate surface area is 212 Å². The fourth-order valence-electron chi connectivity index (χ4n) is 5.97. The maximum Gasteiger partial charge on any atom is 0.227 e. The zero-order valence-corrected chi connectivity index (χ0v) is 21.2. The number of hydrogen-bond acceptors (Lipinski definition) is 5. The molecule has 1 aliphatic carbocycles. The molecule has 0 N–H and O–H groups in total. The van der Waals surface area contributed by atoms with Gasteiger partial charge in [0.1, 0.15) is 5.82 Å². The Kier molecular flexibility index (Phi) is 6.07. The van der Waals surface area contributed by atoms with E-state index in [-0.39, 0.29) is 11.9 Å². The van der Waals surface area contributed by atoms with Crippen LogP contribution < -0.4 is 4.90 Å². The van der Waals surface area contributed by atoms with E-state index >= 15 is 0 Å². The van der Waals surface area contributed by atoms with E-state index in [2.05, 4.69) is 41.3 Å². The summed E-state index contributed by atoms with van der Waals surface area (Å²) in [5.41, 5.74) is 4.10. The lowest BCUT2D eigenvalue weighted by Gasteiger charge is -2.40. The Morgan fingerprint density at radius 1 is 1.00 bits per heavy atom.